The molecule has 10 heteroatoms. The number of hydrogen-bond acceptors (Lipinski definition) is 8. The molecule has 1 amide bonds. The van der Waals surface area contributed by atoms with Crippen molar-refractivity contribution in [2.24, 2.45) is 0 Å². The summed E-state index contributed by atoms with van der Waals surface area (Å²) in [6.45, 7) is 8.99. The molecule has 3 aromatic carbocycles. The molecule has 47 heavy (non-hydrogen) atoms. The van der Waals surface area contributed by atoms with E-state index < -0.39 is 5.97 Å². The van der Waals surface area contributed by atoms with E-state index in [1.165, 1.54) is 18.5 Å². The smallest absolute Gasteiger partial charge is 0.335 e. The fraction of sp³-hybridized carbons (Fsp3) is 0.324. The Morgan fingerprint density at radius 3 is 2.28 bits per heavy atom. The van der Waals surface area contributed by atoms with Crippen LogP contribution < -0.4 is 15.0 Å². The quantitative estimate of drug-likeness (QED) is 0.189. The zero-order chi connectivity index (χ0) is 33.3. The van der Waals surface area contributed by atoms with Crippen LogP contribution in [0.2, 0.25) is 0 Å². The monoisotopic (exact) mass is 632 g/mol. The number of nitriles is 1. The number of carboxylic acid groups (broad SMARTS) is 1. The second-order valence-electron chi connectivity index (χ2n) is 11.9. The van der Waals surface area contributed by atoms with Gasteiger partial charge < -0.3 is 25.0 Å². The lowest BCUT2D eigenvalue weighted by Gasteiger charge is -2.42. The molecular weight excluding hydrogens is 592 g/mol. The van der Waals surface area contributed by atoms with Gasteiger partial charge in [0.1, 0.15) is 17.8 Å². The van der Waals surface area contributed by atoms with E-state index in [1.54, 1.807) is 12.1 Å². The Balaban J connectivity index is 1.22. The fourth-order valence-electron chi connectivity index (χ4n) is 6.10. The van der Waals surface area contributed by atoms with Crippen molar-refractivity contribution >= 4 is 17.6 Å². The van der Waals surface area contributed by atoms with Crippen molar-refractivity contribution in [3.63, 3.8) is 0 Å². The second kappa shape index (κ2) is 15.3. The number of aromatic nitrogens is 2. The lowest BCUT2D eigenvalue weighted by atomic mass is 9.99. The second-order valence-corrected chi connectivity index (χ2v) is 11.9. The van der Waals surface area contributed by atoms with Gasteiger partial charge in [0.2, 0.25) is 0 Å². The highest BCUT2D eigenvalue weighted by Gasteiger charge is 2.27. The molecule has 1 atom stereocenters. The maximum absolute atomic E-state index is 12.8. The molecular formula is C37H40N6O4. The minimum absolute atomic E-state index is 0.130. The maximum Gasteiger partial charge on any atom is 0.335 e. The van der Waals surface area contributed by atoms with Crippen molar-refractivity contribution in [3.05, 3.63) is 113 Å². The molecule has 1 fully saturated rings. The van der Waals surface area contributed by atoms with E-state index in [1.807, 2.05) is 56.3 Å². The number of ether oxygens (including phenoxy) is 1. The number of piperidine rings is 1. The highest BCUT2D eigenvalue weighted by molar-refractivity contribution is 5.96. The van der Waals surface area contributed by atoms with Crippen LogP contribution in [0.1, 0.15) is 69.4 Å². The molecule has 5 rings (SSSR count). The van der Waals surface area contributed by atoms with Crippen molar-refractivity contribution in [1.29, 1.82) is 5.26 Å². The number of hydrogen-bond donors (Lipinski definition) is 2. The lowest BCUT2D eigenvalue weighted by molar-refractivity contribution is 0.0696. The van der Waals surface area contributed by atoms with E-state index in [-0.39, 0.29) is 11.5 Å². The number of carbonyl (C=O) groups is 2. The standard InChI is InChI=1S/C37H40N6O4/c1-25(15-18-39-36(44)35-26(2)40-24-41-27(35)3)42-19-16-32(17-20-42)43(23-29-6-4-5-28(21-29)22-38)31-9-13-34(14-10-31)47-33-11-7-30(8-12-33)37(45)46/h4-14,21,24-25,32H,15-20,23H2,1-3H3,(H,39,44)(H,45,46). The number of aromatic carboxylic acids is 1. The van der Waals surface area contributed by atoms with Gasteiger partial charge in [0.25, 0.3) is 5.91 Å². The van der Waals surface area contributed by atoms with Gasteiger partial charge in [-0.3, -0.25) is 4.79 Å². The van der Waals surface area contributed by atoms with Crippen LogP contribution in [0.5, 0.6) is 11.5 Å². The summed E-state index contributed by atoms with van der Waals surface area (Å²) in [6, 6.07) is 24.9. The summed E-state index contributed by atoms with van der Waals surface area (Å²) in [7, 11) is 0. The van der Waals surface area contributed by atoms with Crippen LogP contribution in [0, 0.1) is 25.2 Å². The average molecular weight is 633 g/mol. The van der Waals surface area contributed by atoms with Gasteiger partial charge in [-0.05, 0) is 106 Å². The Morgan fingerprint density at radius 1 is 1.02 bits per heavy atom. The largest absolute Gasteiger partial charge is 0.478 e. The number of nitrogens with one attached hydrogen (secondary N) is 1. The number of carboxylic acids is 1. The Morgan fingerprint density at radius 2 is 1.66 bits per heavy atom. The molecule has 1 unspecified atom stereocenters. The maximum atomic E-state index is 12.8. The summed E-state index contributed by atoms with van der Waals surface area (Å²) < 4.78 is 5.98. The Labute approximate surface area is 275 Å². The summed E-state index contributed by atoms with van der Waals surface area (Å²) in [6.07, 6.45) is 4.27. The van der Waals surface area contributed by atoms with Gasteiger partial charge >= 0.3 is 5.97 Å². The minimum atomic E-state index is -0.977. The highest BCUT2D eigenvalue weighted by atomic mass is 16.5. The van der Waals surface area contributed by atoms with E-state index in [9.17, 15) is 14.9 Å². The van der Waals surface area contributed by atoms with Crippen LogP contribution in [0.15, 0.2) is 79.1 Å². The molecule has 2 heterocycles. The molecule has 0 spiro atoms. The number of aryl methyl sites for hydroxylation is 2. The van der Waals surface area contributed by atoms with Crippen molar-refractivity contribution in [2.45, 2.75) is 58.7 Å². The average Bonchev–Trinajstić information content (AvgIpc) is 3.08. The van der Waals surface area contributed by atoms with Gasteiger partial charge in [-0.2, -0.15) is 5.26 Å². The van der Waals surface area contributed by atoms with Gasteiger partial charge in [-0.15, -0.1) is 0 Å². The molecule has 1 saturated heterocycles. The summed E-state index contributed by atoms with van der Waals surface area (Å²) in [5.41, 5.74) is 4.90. The summed E-state index contributed by atoms with van der Waals surface area (Å²) >= 11 is 0. The molecule has 1 aromatic heterocycles. The van der Waals surface area contributed by atoms with E-state index in [0.717, 1.165) is 43.6 Å². The van der Waals surface area contributed by atoms with Crippen LogP contribution in [-0.4, -0.2) is 63.6 Å². The third-order valence-corrected chi connectivity index (χ3v) is 8.78. The molecule has 0 aliphatic carbocycles. The number of amides is 1. The number of rotatable bonds is 12. The normalized spacial score (nSPS) is 14.2. The first-order valence-corrected chi connectivity index (χ1v) is 15.9. The third-order valence-electron chi connectivity index (χ3n) is 8.78. The SMILES string of the molecule is Cc1ncnc(C)c1C(=O)NCCC(C)N1CCC(N(Cc2cccc(C#N)c2)c2ccc(Oc3ccc(C(=O)O)cc3)cc2)CC1. The van der Waals surface area contributed by atoms with Crippen molar-refractivity contribution in [3.8, 4) is 17.6 Å². The molecule has 4 aromatic rings. The Hall–Kier alpha value is -5.27. The van der Waals surface area contributed by atoms with E-state index in [0.29, 0.717) is 59.2 Å². The number of benzene rings is 3. The van der Waals surface area contributed by atoms with Crippen molar-refractivity contribution < 1.29 is 19.4 Å². The lowest BCUT2D eigenvalue weighted by Crippen LogP contribution is -2.48. The minimum Gasteiger partial charge on any atom is -0.478 e. The van der Waals surface area contributed by atoms with Crippen LogP contribution >= 0.6 is 0 Å². The fourth-order valence-corrected chi connectivity index (χ4v) is 6.10. The predicted molar refractivity (Wildman–Crippen MR) is 180 cm³/mol. The summed E-state index contributed by atoms with van der Waals surface area (Å²) in [5, 5.41) is 21.7. The molecule has 10 nitrogen and oxygen atoms in total. The van der Waals surface area contributed by atoms with Crippen LogP contribution in [-0.2, 0) is 6.54 Å². The van der Waals surface area contributed by atoms with Gasteiger partial charge in [0.15, 0.2) is 0 Å². The molecule has 242 valence electrons. The summed E-state index contributed by atoms with van der Waals surface area (Å²) in [5.74, 6) is 0.113. The van der Waals surface area contributed by atoms with Crippen molar-refractivity contribution in [1.82, 2.24) is 20.2 Å². The van der Waals surface area contributed by atoms with E-state index in [4.69, 9.17) is 9.84 Å². The molecule has 0 radical (unpaired) electrons. The van der Waals surface area contributed by atoms with Gasteiger partial charge in [0.05, 0.1) is 34.1 Å². The van der Waals surface area contributed by atoms with Crippen LogP contribution in [0.25, 0.3) is 0 Å². The zero-order valence-corrected chi connectivity index (χ0v) is 27.0. The van der Waals surface area contributed by atoms with Gasteiger partial charge in [-0.25, -0.2) is 14.8 Å². The molecule has 1 aliphatic rings. The van der Waals surface area contributed by atoms with Gasteiger partial charge in [0, 0.05) is 44.0 Å². The van der Waals surface area contributed by atoms with Gasteiger partial charge in [-0.1, -0.05) is 12.1 Å². The third kappa shape index (κ3) is 8.51. The first-order chi connectivity index (χ1) is 22.7. The molecule has 0 saturated carbocycles. The molecule has 1 aliphatic heterocycles. The van der Waals surface area contributed by atoms with Crippen LogP contribution in [0.4, 0.5) is 5.69 Å². The van der Waals surface area contributed by atoms with Crippen LogP contribution in [0.3, 0.4) is 0 Å². The Bertz CT molecular complexity index is 1710. The molecule has 0 bridgehead atoms. The van der Waals surface area contributed by atoms with E-state index >= 15 is 0 Å². The number of likely N-dealkylation sites (tertiary alicyclic amines) is 1. The van der Waals surface area contributed by atoms with Crippen molar-refractivity contribution in [2.75, 3.05) is 24.5 Å². The number of anilines is 1. The topological polar surface area (TPSA) is 132 Å². The first-order valence-electron chi connectivity index (χ1n) is 15.9. The molecule has 2 N–H and O–H groups in total. The predicted octanol–water partition coefficient (Wildman–Crippen LogP) is 6.14. The van der Waals surface area contributed by atoms with E-state index in [2.05, 4.69) is 44.1 Å². The number of carbonyl (C=O) groups excluding carboxylic acids is 1. The summed E-state index contributed by atoms with van der Waals surface area (Å²) in [4.78, 5) is 37.2. The number of nitrogens with zero attached hydrogens (tertiary/aromatic N) is 5. The highest BCUT2D eigenvalue weighted by Crippen LogP contribution is 2.30. The zero-order valence-electron chi connectivity index (χ0n) is 27.0. The first kappa shape index (κ1) is 33.1. The Kier molecular flexibility index (Phi) is 10.8.